The maximum atomic E-state index is 5.60. The van der Waals surface area contributed by atoms with Crippen molar-refractivity contribution in [3.63, 3.8) is 0 Å². The van der Waals surface area contributed by atoms with E-state index in [1.165, 1.54) is 5.56 Å². The van der Waals surface area contributed by atoms with Crippen molar-refractivity contribution in [1.29, 1.82) is 0 Å². The molecular formula is C16H22N4O. The standard InChI is InChI=1S/C16H22N4O/c1-11(2)9-17-10-15-19-20-16(21-15)18-14-8-13(14)12-6-4-3-5-7-12/h3-7,11,13-14,17H,8-10H2,1-2H3,(H,18,20). The van der Waals surface area contributed by atoms with Gasteiger partial charge in [-0.05, 0) is 24.4 Å². The zero-order valence-corrected chi connectivity index (χ0v) is 12.5. The second-order valence-corrected chi connectivity index (χ2v) is 6.03. The van der Waals surface area contributed by atoms with Crippen LogP contribution in [0.4, 0.5) is 6.01 Å². The molecule has 1 aliphatic carbocycles. The van der Waals surface area contributed by atoms with Crippen molar-refractivity contribution in [2.75, 3.05) is 11.9 Å². The molecule has 2 N–H and O–H groups in total. The summed E-state index contributed by atoms with van der Waals surface area (Å²) in [6.07, 6.45) is 1.12. The van der Waals surface area contributed by atoms with Gasteiger partial charge in [0.25, 0.3) is 0 Å². The number of nitrogens with zero attached hydrogens (tertiary/aromatic N) is 2. The van der Waals surface area contributed by atoms with Crippen LogP contribution in [0.2, 0.25) is 0 Å². The third-order valence-electron chi connectivity index (χ3n) is 3.62. The lowest BCUT2D eigenvalue weighted by Crippen LogP contribution is -2.19. The van der Waals surface area contributed by atoms with Gasteiger partial charge in [-0.15, -0.1) is 5.10 Å². The van der Waals surface area contributed by atoms with Gasteiger partial charge >= 0.3 is 6.01 Å². The van der Waals surface area contributed by atoms with Gasteiger partial charge in [0.05, 0.1) is 6.54 Å². The molecule has 1 saturated carbocycles. The molecule has 1 aromatic carbocycles. The van der Waals surface area contributed by atoms with Crippen molar-refractivity contribution in [2.24, 2.45) is 5.92 Å². The Morgan fingerprint density at radius 3 is 2.81 bits per heavy atom. The van der Waals surface area contributed by atoms with Crippen LogP contribution in [0.1, 0.15) is 37.6 Å². The lowest BCUT2D eigenvalue weighted by Gasteiger charge is -2.04. The Hall–Kier alpha value is -1.88. The van der Waals surface area contributed by atoms with E-state index >= 15 is 0 Å². The van der Waals surface area contributed by atoms with Gasteiger partial charge in [-0.25, -0.2) is 0 Å². The highest BCUT2D eigenvalue weighted by atomic mass is 16.4. The second-order valence-electron chi connectivity index (χ2n) is 6.03. The van der Waals surface area contributed by atoms with Gasteiger partial charge < -0.3 is 15.1 Å². The monoisotopic (exact) mass is 286 g/mol. The molecule has 112 valence electrons. The summed E-state index contributed by atoms with van der Waals surface area (Å²) in [5, 5.41) is 14.7. The van der Waals surface area contributed by atoms with Gasteiger partial charge in [0, 0.05) is 12.0 Å². The van der Waals surface area contributed by atoms with Crippen LogP contribution in [0.3, 0.4) is 0 Å². The Bertz CT molecular complexity index is 567. The average molecular weight is 286 g/mol. The Kier molecular flexibility index (Phi) is 4.20. The fraction of sp³-hybridized carbons (Fsp3) is 0.500. The molecule has 21 heavy (non-hydrogen) atoms. The number of hydrogen-bond donors (Lipinski definition) is 2. The molecule has 2 atom stereocenters. The van der Waals surface area contributed by atoms with E-state index in [9.17, 15) is 0 Å². The molecule has 0 bridgehead atoms. The number of hydrogen-bond acceptors (Lipinski definition) is 5. The molecule has 3 rings (SSSR count). The van der Waals surface area contributed by atoms with Gasteiger partial charge in [0.2, 0.25) is 5.89 Å². The van der Waals surface area contributed by atoms with Crippen molar-refractivity contribution in [2.45, 2.75) is 38.8 Å². The van der Waals surface area contributed by atoms with Crippen LogP contribution >= 0.6 is 0 Å². The van der Waals surface area contributed by atoms with Gasteiger partial charge in [-0.3, -0.25) is 0 Å². The summed E-state index contributed by atoms with van der Waals surface area (Å²) in [5.74, 6) is 1.80. The van der Waals surface area contributed by atoms with Crippen LogP contribution in [0.25, 0.3) is 0 Å². The second kappa shape index (κ2) is 6.26. The summed E-state index contributed by atoms with van der Waals surface area (Å²) in [6.45, 7) is 5.92. The van der Waals surface area contributed by atoms with Gasteiger partial charge in [-0.1, -0.05) is 49.3 Å². The first-order chi connectivity index (χ1) is 10.2. The average Bonchev–Trinajstić information content (AvgIpc) is 3.10. The van der Waals surface area contributed by atoms with Crippen LogP contribution in [0.5, 0.6) is 0 Å². The van der Waals surface area contributed by atoms with E-state index in [2.05, 4.69) is 58.9 Å². The van der Waals surface area contributed by atoms with Crippen LogP contribution in [0.15, 0.2) is 34.7 Å². The largest absolute Gasteiger partial charge is 0.407 e. The zero-order chi connectivity index (χ0) is 14.7. The third-order valence-corrected chi connectivity index (χ3v) is 3.62. The highest BCUT2D eigenvalue weighted by Gasteiger charge is 2.39. The molecule has 1 heterocycles. The van der Waals surface area contributed by atoms with Crippen LogP contribution in [-0.4, -0.2) is 22.8 Å². The molecule has 1 fully saturated rings. The van der Waals surface area contributed by atoms with Crippen molar-refractivity contribution < 1.29 is 4.42 Å². The first-order valence-electron chi connectivity index (χ1n) is 7.57. The Morgan fingerprint density at radius 2 is 2.05 bits per heavy atom. The van der Waals surface area contributed by atoms with E-state index in [-0.39, 0.29) is 0 Å². The van der Waals surface area contributed by atoms with E-state index in [1.54, 1.807) is 0 Å². The lowest BCUT2D eigenvalue weighted by atomic mass is 10.1. The zero-order valence-electron chi connectivity index (χ0n) is 12.5. The topological polar surface area (TPSA) is 63.0 Å². The SMILES string of the molecule is CC(C)CNCc1nnc(NC2CC2c2ccccc2)o1. The Balaban J connectivity index is 1.48. The molecule has 1 aliphatic rings. The maximum Gasteiger partial charge on any atom is 0.315 e. The van der Waals surface area contributed by atoms with Crippen LogP contribution in [-0.2, 0) is 6.54 Å². The fourth-order valence-electron chi connectivity index (χ4n) is 2.43. The predicted molar refractivity (Wildman–Crippen MR) is 82.1 cm³/mol. The number of anilines is 1. The molecule has 2 unspecified atom stereocenters. The fourth-order valence-corrected chi connectivity index (χ4v) is 2.43. The quantitative estimate of drug-likeness (QED) is 0.819. The van der Waals surface area contributed by atoms with E-state index < -0.39 is 0 Å². The lowest BCUT2D eigenvalue weighted by molar-refractivity contribution is 0.458. The van der Waals surface area contributed by atoms with Gasteiger partial charge in [0.1, 0.15) is 0 Å². The number of nitrogens with one attached hydrogen (secondary N) is 2. The van der Waals surface area contributed by atoms with Crippen molar-refractivity contribution >= 4 is 6.01 Å². The number of benzene rings is 1. The molecule has 0 saturated heterocycles. The molecule has 0 radical (unpaired) electrons. The molecule has 5 heteroatoms. The van der Waals surface area contributed by atoms with E-state index in [1.807, 2.05) is 6.07 Å². The van der Waals surface area contributed by atoms with E-state index in [0.717, 1.165) is 13.0 Å². The smallest absolute Gasteiger partial charge is 0.315 e. The van der Waals surface area contributed by atoms with Gasteiger partial charge in [0.15, 0.2) is 0 Å². The van der Waals surface area contributed by atoms with Crippen LogP contribution < -0.4 is 10.6 Å². The highest BCUT2D eigenvalue weighted by Crippen LogP contribution is 2.42. The summed E-state index contributed by atoms with van der Waals surface area (Å²) >= 11 is 0. The summed E-state index contributed by atoms with van der Waals surface area (Å²) in [6, 6.07) is 11.5. The van der Waals surface area contributed by atoms with Crippen molar-refractivity contribution in [3.05, 3.63) is 41.8 Å². The predicted octanol–water partition coefficient (Wildman–Crippen LogP) is 2.78. The Morgan fingerprint density at radius 1 is 1.24 bits per heavy atom. The summed E-state index contributed by atoms with van der Waals surface area (Å²) < 4.78 is 5.60. The molecule has 5 nitrogen and oxygen atoms in total. The van der Waals surface area contributed by atoms with Gasteiger partial charge in [-0.2, -0.15) is 0 Å². The summed E-state index contributed by atoms with van der Waals surface area (Å²) in [5.41, 5.74) is 1.37. The first kappa shape index (κ1) is 14.1. The highest BCUT2D eigenvalue weighted by molar-refractivity contribution is 5.35. The van der Waals surface area contributed by atoms with E-state index in [0.29, 0.717) is 36.3 Å². The summed E-state index contributed by atoms with van der Waals surface area (Å²) in [4.78, 5) is 0. The number of aromatic nitrogens is 2. The minimum absolute atomic E-state index is 0.407. The Labute approximate surface area is 125 Å². The molecule has 0 spiro atoms. The van der Waals surface area contributed by atoms with Crippen LogP contribution in [0, 0.1) is 5.92 Å². The third kappa shape index (κ3) is 3.82. The minimum atomic E-state index is 0.407. The molecule has 1 aromatic heterocycles. The van der Waals surface area contributed by atoms with Crippen molar-refractivity contribution in [3.8, 4) is 0 Å². The minimum Gasteiger partial charge on any atom is -0.407 e. The molecule has 2 aromatic rings. The van der Waals surface area contributed by atoms with Crippen molar-refractivity contribution in [1.82, 2.24) is 15.5 Å². The molecule has 0 aliphatic heterocycles. The molecule has 0 amide bonds. The van der Waals surface area contributed by atoms with E-state index in [4.69, 9.17) is 4.42 Å². The number of rotatable bonds is 7. The first-order valence-corrected chi connectivity index (χ1v) is 7.57. The molecular weight excluding hydrogens is 264 g/mol. The normalized spacial score (nSPS) is 20.7. The summed E-state index contributed by atoms with van der Waals surface area (Å²) in [7, 11) is 0. The maximum absolute atomic E-state index is 5.60.